The quantitative estimate of drug-likeness (QED) is 0.819. The molecular weight excluding hydrogens is 222 g/mol. The lowest BCUT2D eigenvalue weighted by atomic mass is 9.95. The Kier molecular flexibility index (Phi) is 4.15. The van der Waals surface area contributed by atoms with Crippen molar-refractivity contribution in [1.82, 2.24) is 15.5 Å². The van der Waals surface area contributed by atoms with Crippen LogP contribution in [0.15, 0.2) is 42.6 Å². The van der Waals surface area contributed by atoms with Crippen LogP contribution in [0.5, 0.6) is 0 Å². The van der Waals surface area contributed by atoms with E-state index in [-0.39, 0.29) is 5.54 Å². The number of hydrogen-bond donors (Lipinski definition) is 2. The smallest absolute Gasteiger partial charge is 0.0490 e. The van der Waals surface area contributed by atoms with E-state index in [0.29, 0.717) is 0 Å². The van der Waals surface area contributed by atoms with E-state index in [1.54, 1.807) is 6.20 Å². The molecule has 0 atom stereocenters. The van der Waals surface area contributed by atoms with Crippen molar-refractivity contribution in [1.29, 1.82) is 0 Å². The lowest BCUT2D eigenvalue weighted by molar-refractivity contribution is 0.358. The van der Waals surface area contributed by atoms with Gasteiger partial charge in [0.1, 0.15) is 0 Å². The summed E-state index contributed by atoms with van der Waals surface area (Å²) >= 11 is 0. The summed E-state index contributed by atoms with van der Waals surface area (Å²) in [4.78, 5) is 0. The molecule has 0 bridgehead atoms. The van der Waals surface area contributed by atoms with Gasteiger partial charge in [0.25, 0.3) is 0 Å². The van der Waals surface area contributed by atoms with Gasteiger partial charge in [-0.1, -0.05) is 30.3 Å². The minimum absolute atomic E-state index is 0.126. The van der Waals surface area contributed by atoms with Crippen LogP contribution in [-0.2, 0) is 13.0 Å². The Morgan fingerprint density at radius 3 is 2.61 bits per heavy atom. The molecule has 0 unspecified atom stereocenters. The molecule has 2 rings (SSSR count). The van der Waals surface area contributed by atoms with Gasteiger partial charge in [-0.25, -0.2) is 0 Å². The Balaban J connectivity index is 1.80. The summed E-state index contributed by atoms with van der Waals surface area (Å²) in [6.07, 6.45) is 4.00. The van der Waals surface area contributed by atoms with Gasteiger partial charge in [-0.05, 0) is 38.3 Å². The van der Waals surface area contributed by atoms with Crippen LogP contribution >= 0.6 is 0 Å². The zero-order valence-electron chi connectivity index (χ0n) is 11.1. The molecule has 18 heavy (non-hydrogen) atoms. The van der Waals surface area contributed by atoms with E-state index in [4.69, 9.17) is 0 Å². The lowest BCUT2D eigenvalue weighted by Crippen LogP contribution is -2.39. The highest BCUT2D eigenvalue weighted by Crippen LogP contribution is 2.14. The van der Waals surface area contributed by atoms with Crippen molar-refractivity contribution < 1.29 is 0 Å². The molecule has 0 spiro atoms. The summed E-state index contributed by atoms with van der Waals surface area (Å²) in [6, 6.07) is 12.6. The van der Waals surface area contributed by atoms with Gasteiger partial charge in [0, 0.05) is 24.0 Å². The molecule has 0 fully saturated rings. The molecule has 0 aliphatic rings. The first-order chi connectivity index (χ1) is 8.66. The van der Waals surface area contributed by atoms with E-state index in [1.807, 2.05) is 6.07 Å². The van der Waals surface area contributed by atoms with Gasteiger partial charge in [0.2, 0.25) is 0 Å². The number of benzene rings is 1. The molecule has 2 aromatic rings. The van der Waals surface area contributed by atoms with Crippen molar-refractivity contribution in [2.24, 2.45) is 0 Å². The molecule has 1 heterocycles. The molecule has 0 radical (unpaired) electrons. The summed E-state index contributed by atoms with van der Waals surface area (Å²) in [6.45, 7) is 5.32. The number of hydrogen-bond acceptors (Lipinski definition) is 2. The van der Waals surface area contributed by atoms with Crippen molar-refractivity contribution in [2.45, 2.75) is 38.8 Å². The Labute approximate surface area is 109 Å². The summed E-state index contributed by atoms with van der Waals surface area (Å²) < 4.78 is 0. The maximum atomic E-state index is 3.95. The standard InChI is InChI=1S/C15H21N3/c1-15(2,16-12-14-9-11-17-18-14)10-8-13-6-4-3-5-7-13/h3-7,9,11,16H,8,10,12H2,1-2H3,(H,17,18). The first kappa shape index (κ1) is 12.8. The predicted octanol–water partition coefficient (Wildman–Crippen LogP) is 2.91. The normalized spacial score (nSPS) is 11.7. The van der Waals surface area contributed by atoms with E-state index < -0.39 is 0 Å². The molecule has 2 N–H and O–H groups in total. The second-order valence-electron chi connectivity index (χ2n) is 5.30. The topological polar surface area (TPSA) is 40.7 Å². The molecule has 3 heteroatoms. The fourth-order valence-corrected chi connectivity index (χ4v) is 1.91. The van der Waals surface area contributed by atoms with E-state index in [9.17, 15) is 0 Å². The lowest BCUT2D eigenvalue weighted by Gasteiger charge is -2.26. The number of aryl methyl sites for hydroxylation is 1. The van der Waals surface area contributed by atoms with Gasteiger partial charge < -0.3 is 5.32 Å². The second kappa shape index (κ2) is 5.83. The maximum Gasteiger partial charge on any atom is 0.0490 e. The Bertz CT molecular complexity index is 446. The average Bonchev–Trinajstić information content (AvgIpc) is 2.89. The van der Waals surface area contributed by atoms with Gasteiger partial charge >= 0.3 is 0 Å². The fourth-order valence-electron chi connectivity index (χ4n) is 1.91. The third-order valence-electron chi connectivity index (χ3n) is 3.20. The monoisotopic (exact) mass is 243 g/mol. The minimum Gasteiger partial charge on any atom is -0.306 e. The fraction of sp³-hybridized carbons (Fsp3) is 0.400. The van der Waals surface area contributed by atoms with Gasteiger partial charge in [0.15, 0.2) is 0 Å². The van der Waals surface area contributed by atoms with Crippen LogP contribution in [0.3, 0.4) is 0 Å². The molecule has 1 aromatic heterocycles. The molecule has 0 saturated heterocycles. The summed E-state index contributed by atoms with van der Waals surface area (Å²) in [7, 11) is 0. The van der Waals surface area contributed by atoms with E-state index in [2.05, 4.69) is 59.7 Å². The van der Waals surface area contributed by atoms with E-state index in [1.165, 1.54) is 5.56 Å². The summed E-state index contributed by atoms with van der Waals surface area (Å²) in [5.41, 5.74) is 2.65. The molecule has 0 aliphatic carbocycles. The summed E-state index contributed by atoms with van der Waals surface area (Å²) in [5, 5.41) is 10.5. The average molecular weight is 243 g/mol. The molecule has 1 aromatic carbocycles. The third-order valence-corrected chi connectivity index (χ3v) is 3.20. The zero-order valence-corrected chi connectivity index (χ0v) is 11.1. The van der Waals surface area contributed by atoms with E-state index in [0.717, 1.165) is 25.1 Å². The summed E-state index contributed by atoms with van der Waals surface area (Å²) in [5.74, 6) is 0. The molecule has 0 aliphatic heterocycles. The van der Waals surface area contributed by atoms with Crippen LogP contribution in [0.1, 0.15) is 31.5 Å². The first-order valence-corrected chi connectivity index (χ1v) is 6.43. The molecule has 3 nitrogen and oxygen atoms in total. The van der Waals surface area contributed by atoms with Gasteiger partial charge in [-0.2, -0.15) is 5.10 Å². The van der Waals surface area contributed by atoms with Crippen LogP contribution in [0.25, 0.3) is 0 Å². The molecule has 0 amide bonds. The van der Waals surface area contributed by atoms with Crippen molar-refractivity contribution in [3.05, 3.63) is 53.9 Å². The van der Waals surface area contributed by atoms with Crippen molar-refractivity contribution in [3.8, 4) is 0 Å². The highest BCUT2D eigenvalue weighted by Gasteiger charge is 2.16. The van der Waals surface area contributed by atoms with Crippen molar-refractivity contribution in [2.75, 3.05) is 0 Å². The second-order valence-corrected chi connectivity index (χ2v) is 5.30. The van der Waals surface area contributed by atoms with Crippen LogP contribution in [-0.4, -0.2) is 15.7 Å². The van der Waals surface area contributed by atoms with E-state index >= 15 is 0 Å². The van der Waals surface area contributed by atoms with Gasteiger partial charge in [-0.15, -0.1) is 0 Å². The van der Waals surface area contributed by atoms with Crippen LogP contribution < -0.4 is 5.32 Å². The number of H-pyrrole nitrogens is 1. The van der Waals surface area contributed by atoms with Gasteiger partial charge in [0.05, 0.1) is 0 Å². The highest BCUT2D eigenvalue weighted by molar-refractivity contribution is 5.15. The van der Waals surface area contributed by atoms with Gasteiger partial charge in [-0.3, -0.25) is 5.10 Å². The Morgan fingerprint density at radius 1 is 1.17 bits per heavy atom. The molecular formula is C15H21N3. The maximum absolute atomic E-state index is 3.95. The van der Waals surface area contributed by atoms with Crippen LogP contribution in [0, 0.1) is 0 Å². The number of nitrogens with one attached hydrogen (secondary N) is 2. The number of aromatic amines is 1. The largest absolute Gasteiger partial charge is 0.306 e. The zero-order chi connectivity index (χ0) is 12.8. The number of rotatable bonds is 6. The van der Waals surface area contributed by atoms with Crippen LogP contribution in [0.2, 0.25) is 0 Å². The minimum atomic E-state index is 0.126. The highest BCUT2D eigenvalue weighted by atomic mass is 15.1. The number of aromatic nitrogens is 2. The van der Waals surface area contributed by atoms with Crippen molar-refractivity contribution in [3.63, 3.8) is 0 Å². The Hall–Kier alpha value is -1.61. The third kappa shape index (κ3) is 4.00. The van der Waals surface area contributed by atoms with Crippen LogP contribution in [0.4, 0.5) is 0 Å². The SMILES string of the molecule is CC(C)(CCc1ccccc1)NCc1ccn[nH]1. The van der Waals surface area contributed by atoms with Crippen molar-refractivity contribution >= 4 is 0 Å². The molecule has 96 valence electrons. The Morgan fingerprint density at radius 2 is 1.94 bits per heavy atom. The molecule has 0 saturated carbocycles. The predicted molar refractivity (Wildman–Crippen MR) is 74.3 cm³/mol. The number of nitrogens with zero attached hydrogens (tertiary/aromatic N) is 1. The first-order valence-electron chi connectivity index (χ1n) is 6.43.